The van der Waals surface area contributed by atoms with Crippen LogP contribution in [0.5, 0.6) is 0 Å². The van der Waals surface area contributed by atoms with E-state index in [-0.39, 0.29) is 0 Å². The first kappa shape index (κ1) is 12.9. The van der Waals surface area contributed by atoms with Crippen molar-refractivity contribution in [2.45, 2.75) is 39.2 Å². The number of hydrogen-bond acceptors (Lipinski definition) is 3. The van der Waals surface area contributed by atoms with Crippen molar-refractivity contribution in [3.63, 3.8) is 0 Å². The number of fused-ring (bicyclic) bond motifs is 1. The van der Waals surface area contributed by atoms with Crippen molar-refractivity contribution in [3.8, 4) is 0 Å². The van der Waals surface area contributed by atoms with Crippen LogP contribution in [0.25, 0.3) is 0 Å². The fraction of sp³-hybridized carbons (Fsp3) is 0.688. The number of rotatable bonds is 5. The lowest BCUT2D eigenvalue weighted by molar-refractivity contribution is 0.494. The highest BCUT2D eigenvalue weighted by Crippen LogP contribution is 2.39. The number of nitrogens with one attached hydrogen (secondary N) is 1. The van der Waals surface area contributed by atoms with Crippen LogP contribution < -0.4 is 10.2 Å². The predicted molar refractivity (Wildman–Crippen MR) is 79.3 cm³/mol. The topological polar surface area (TPSA) is 28.2 Å². The highest BCUT2D eigenvalue weighted by atomic mass is 15.2. The molecule has 1 aliphatic carbocycles. The van der Waals surface area contributed by atoms with Crippen molar-refractivity contribution in [1.29, 1.82) is 0 Å². The largest absolute Gasteiger partial charge is 0.356 e. The van der Waals surface area contributed by atoms with E-state index in [1.54, 1.807) is 0 Å². The van der Waals surface area contributed by atoms with Gasteiger partial charge in [-0.1, -0.05) is 19.4 Å². The first-order chi connectivity index (χ1) is 9.38. The van der Waals surface area contributed by atoms with Crippen LogP contribution in [0.3, 0.4) is 0 Å². The Balaban J connectivity index is 1.70. The summed E-state index contributed by atoms with van der Waals surface area (Å²) in [6, 6.07) is 4.28. The Hall–Kier alpha value is -1.09. The van der Waals surface area contributed by atoms with E-state index >= 15 is 0 Å². The molecule has 0 spiro atoms. The Labute approximate surface area is 116 Å². The van der Waals surface area contributed by atoms with E-state index in [2.05, 4.69) is 34.3 Å². The normalized spacial score (nSPS) is 25.8. The summed E-state index contributed by atoms with van der Waals surface area (Å²) in [5.74, 6) is 3.08. The molecule has 1 aromatic heterocycles. The molecule has 0 bridgehead atoms. The van der Waals surface area contributed by atoms with Gasteiger partial charge in [-0.15, -0.1) is 0 Å². The first-order valence-corrected chi connectivity index (χ1v) is 7.78. The van der Waals surface area contributed by atoms with Crippen molar-refractivity contribution in [2.24, 2.45) is 11.8 Å². The molecule has 1 saturated heterocycles. The van der Waals surface area contributed by atoms with Crippen LogP contribution in [0.15, 0.2) is 18.3 Å². The van der Waals surface area contributed by atoms with Gasteiger partial charge in [-0.05, 0) is 43.7 Å². The van der Waals surface area contributed by atoms with E-state index in [0.29, 0.717) is 0 Å². The molecule has 1 aromatic rings. The van der Waals surface area contributed by atoms with Crippen molar-refractivity contribution >= 4 is 5.82 Å². The van der Waals surface area contributed by atoms with Crippen LogP contribution in [0, 0.1) is 11.8 Å². The van der Waals surface area contributed by atoms with Crippen LogP contribution >= 0.6 is 0 Å². The van der Waals surface area contributed by atoms with E-state index < -0.39 is 0 Å². The van der Waals surface area contributed by atoms with E-state index in [1.165, 1.54) is 50.2 Å². The van der Waals surface area contributed by atoms with Gasteiger partial charge >= 0.3 is 0 Å². The lowest BCUT2D eigenvalue weighted by Gasteiger charge is -2.21. The number of aromatic nitrogens is 1. The van der Waals surface area contributed by atoms with Crippen LogP contribution in [0.4, 0.5) is 5.82 Å². The maximum Gasteiger partial charge on any atom is 0.133 e. The van der Waals surface area contributed by atoms with Gasteiger partial charge in [0.05, 0.1) is 0 Å². The minimum atomic E-state index is 0.929. The van der Waals surface area contributed by atoms with Crippen molar-refractivity contribution in [2.75, 3.05) is 24.5 Å². The van der Waals surface area contributed by atoms with Crippen molar-refractivity contribution in [3.05, 3.63) is 23.9 Å². The molecule has 1 N–H and O–H groups in total. The summed E-state index contributed by atoms with van der Waals surface area (Å²) < 4.78 is 0. The lowest BCUT2D eigenvalue weighted by Crippen LogP contribution is -2.25. The molecular formula is C16H25N3. The number of pyridine rings is 1. The second-order valence-corrected chi connectivity index (χ2v) is 6.02. The second-order valence-electron chi connectivity index (χ2n) is 6.02. The average molecular weight is 259 g/mol. The SMILES string of the molecule is CCCNCc1cccnc1N1CC2CCCC2C1. The van der Waals surface area contributed by atoms with E-state index in [1.807, 2.05) is 6.20 Å². The first-order valence-electron chi connectivity index (χ1n) is 7.78. The number of anilines is 1. The summed E-state index contributed by atoms with van der Waals surface area (Å²) >= 11 is 0. The van der Waals surface area contributed by atoms with Gasteiger partial charge in [-0.25, -0.2) is 4.98 Å². The Morgan fingerprint density at radius 2 is 2.11 bits per heavy atom. The molecule has 3 heteroatoms. The quantitative estimate of drug-likeness (QED) is 0.824. The van der Waals surface area contributed by atoms with Crippen LogP contribution in [-0.4, -0.2) is 24.6 Å². The van der Waals surface area contributed by atoms with E-state index in [9.17, 15) is 0 Å². The minimum absolute atomic E-state index is 0.929. The van der Waals surface area contributed by atoms with Crippen LogP contribution in [0.2, 0.25) is 0 Å². The second kappa shape index (κ2) is 5.91. The summed E-state index contributed by atoms with van der Waals surface area (Å²) in [6.45, 7) is 6.69. The molecule has 1 aliphatic heterocycles. The zero-order valence-corrected chi connectivity index (χ0v) is 11.9. The summed E-state index contributed by atoms with van der Waals surface area (Å²) in [4.78, 5) is 7.18. The molecule has 3 rings (SSSR count). The van der Waals surface area contributed by atoms with E-state index in [4.69, 9.17) is 0 Å². The Morgan fingerprint density at radius 1 is 1.32 bits per heavy atom. The van der Waals surface area contributed by atoms with Gasteiger partial charge < -0.3 is 10.2 Å². The van der Waals surface area contributed by atoms with E-state index in [0.717, 1.165) is 24.9 Å². The molecule has 2 unspecified atom stereocenters. The van der Waals surface area contributed by atoms with Crippen molar-refractivity contribution in [1.82, 2.24) is 10.3 Å². The van der Waals surface area contributed by atoms with Crippen molar-refractivity contribution < 1.29 is 0 Å². The molecule has 19 heavy (non-hydrogen) atoms. The fourth-order valence-corrected chi connectivity index (χ4v) is 3.66. The maximum absolute atomic E-state index is 4.65. The fourth-order valence-electron chi connectivity index (χ4n) is 3.66. The average Bonchev–Trinajstić information content (AvgIpc) is 3.00. The molecule has 1 saturated carbocycles. The number of nitrogens with zero attached hydrogens (tertiary/aromatic N) is 2. The standard InChI is InChI=1S/C16H25N3/c1-2-8-17-10-13-7-4-9-18-16(13)19-11-14-5-3-6-15(14)12-19/h4,7,9,14-15,17H,2-3,5-6,8,10-12H2,1H3. The maximum atomic E-state index is 4.65. The summed E-state index contributed by atoms with van der Waals surface area (Å²) in [6.07, 6.45) is 7.42. The van der Waals surface area contributed by atoms with Gasteiger partial charge in [0.25, 0.3) is 0 Å². The van der Waals surface area contributed by atoms with Gasteiger partial charge in [-0.2, -0.15) is 0 Å². The molecule has 2 heterocycles. The highest BCUT2D eigenvalue weighted by Gasteiger charge is 2.36. The third-order valence-corrected chi connectivity index (χ3v) is 4.64. The number of hydrogen-bond donors (Lipinski definition) is 1. The Kier molecular flexibility index (Phi) is 4.02. The summed E-state index contributed by atoms with van der Waals surface area (Å²) in [5, 5.41) is 3.50. The molecule has 0 radical (unpaired) electrons. The molecule has 2 atom stereocenters. The summed E-state index contributed by atoms with van der Waals surface area (Å²) in [7, 11) is 0. The molecule has 2 aliphatic rings. The summed E-state index contributed by atoms with van der Waals surface area (Å²) in [5.41, 5.74) is 1.36. The predicted octanol–water partition coefficient (Wildman–Crippen LogP) is 2.82. The molecule has 0 aromatic carbocycles. The van der Waals surface area contributed by atoms with Gasteiger partial charge in [0.1, 0.15) is 5.82 Å². The Morgan fingerprint density at radius 3 is 2.84 bits per heavy atom. The Bertz CT molecular complexity index is 406. The van der Waals surface area contributed by atoms with Crippen LogP contribution in [-0.2, 0) is 6.54 Å². The molecular weight excluding hydrogens is 234 g/mol. The molecule has 0 amide bonds. The van der Waals surface area contributed by atoms with Gasteiger partial charge in [0.15, 0.2) is 0 Å². The third-order valence-electron chi connectivity index (χ3n) is 4.64. The highest BCUT2D eigenvalue weighted by molar-refractivity contribution is 5.48. The van der Waals surface area contributed by atoms with Crippen LogP contribution in [0.1, 0.15) is 38.2 Å². The molecule has 3 nitrogen and oxygen atoms in total. The van der Waals surface area contributed by atoms with Gasteiger partial charge in [-0.3, -0.25) is 0 Å². The molecule has 2 fully saturated rings. The zero-order valence-electron chi connectivity index (χ0n) is 11.9. The molecule has 104 valence electrons. The monoisotopic (exact) mass is 259 g/mol. The zero-order chi connectivity index (χ0) is 13.1. The minimum Gasteiger partial charge on any atom is -0.356 e. The smallest absolute Gasteiger partial charge is 0.133 e. The lowest BCUT2D eigenvalue weighted by atomic mass is 10.0. The van der Waals surface area contributed by atoms with Gasteiger partial charge in [0.2, 0.25) is 0 Å². The van der Waals surface area contributed by atoms with Gasteiger partial charge in [0, 0.05) is 31.4 Å². The third kappa shape index (κ3) is 2.76.